The fourth-order valence-corrected chi connectivity index (χ4v) is 3.75. The molecule has 2 N–H and O–H groups in total. The Morgan fingerprint density at radius 2 is 2.05 bits per heavy atom. The predicted octanol–water partition coefficient (Wildman–Crippen LogP) is 2.59. The van der Waals surface area contributed by atoms with E-state index in [1.54, 1.807) is 0 Å². The molecule has 0 bridgehead atoms. The molecule has 2 rings (SSSR count). The number of carbonyl (C=O) groups is 1. The van der Waals surface area contributed by atoms with Crippen molar-refractivity contribution in [1.29, 1.82) is 0 Å². The zero-order valence-electron chi connectivity index (χ0n) is 12.0. The second-order valence-corrected chi connectivity index (χ2v) is 7.59. The zero-order valence-corrected chi connectivity index (χ0v) is 13.7. The topological polar surface area (TPSA) is 41.1 Å². The maximum Gasteiger partial charge on any atom is 0.221 e. The standard InChI is InChI=1S/C14H26N2OS.ClH/c1-14(2)5-3-11(4-6-14)16-13(17)9-12-10-18-8-7-15-12;/h11-12,15H,3-10H2,1-2H3,(H,16,17);1H. The van der Waals surface area contributed by atoms with Gasteiger partial charge in [-0.3, -0.25) is 4.79 Å². The Bertz CT molecular complexity index is 283. The molecule has 1 unspecified atom stereocenters. The molecule has 0 spiro atoms. The molecule has 1 atom stereocenters. The lowest BCUT2D eigenvalue weighted by Crippen LogP contribution is -2.44. The van der Waals surface area contributed by atoms with E-state index in [0.29, 0.717) is 23.9 Å². The molecule has 112 valence electrons. The molecule has 0 aromatic carbocycles. The molecule has 5 heteroatoms. The Balaban J connectivity index is 0.00000180. The molecular weight excluding hydrogens is 280 g/mol. The van der Waals surface area contributed by atoms with Crippen LogP contribution in [0.1, 0.15) is 46.0 Å². The van der Waals surface area contributed by atoms with Gasteiger partial charge in [-0.1, -0.05) is 13.8 Å². The van der Waals surface area contributed by atoms with E-state index in [-0.39, 0.29) is 18.3 Å². The van der Waals surface area contributed by atoms with Crippen LogP contribution in [0.25, 0.3) is 0 Å². The molecule has 2 fully saturated rings. The van der Waals surface area contributed by atoms with Crippen LogP contribution in [0.5, 0.6) is 0 Å². The van der Waals surface area contributed by atoms with Crippen LogP contribution in [0, 0.1) is 5.41 Å². The fraction of sp³-hybridized carbons (Fsp3) is 0.929. The summed E-state index contributed by atoms with van der Waals surface area (Å²) in [6.45, 7) is 5.70. The molecule has 0 radical (unpaired) electrons. The molecule has 1 amide bonds. The first-order valence-electron chi connectivity index (χ1n) is 7.16. The minimum absolute atomic E-state index is 0. The summed E-state index contributed by atoms with van der Waals surface area (Å²) < 4.78 is 0. The van der Waals surface area contributed by atoms with Gasteiger partial charge in [0.05, 0.1) is 0 Å². The smallest absolute Gasteiger partial charge is 0.221 e. The highest BCUT2D eigenvalue weighted by Gasteiger charge is 2.28. The quantitative estimate of drug-likeness (QED) is 0.842. The van der Waals surface area contributed by atoms with Crippen LogP contribution in [0.3, 0.4) is 0 Å². The van der Waals surface area contributed by atoms with E-state index in [0.717, 1.165) is 25.1 Å². The van der Waals surface area contributed by atoms with Crippen LogP contribution in [0.15, 0.2) is 0 Å². The van der Waals surface area contributed by atoms with Gasteiger partial charge in [-0.15, -0.1) is 12.4 Å². The van der Waals surface area contributed by atoms with Gasteiger partial charge in [0.2, 0.25) is 5.91 Å². The van der Waals surface area contributed by atoms with E-state index >= 15 is 0 Å². The Hall–Kier alpha value is 0.0700. The molecule has 1 saturated carbocycles. The summed E-state index contributed by atoms with van der Waals surface area (Å²) in [5.41, 5.74) is 0.475. The monoisotopic (exact) mass is 306 g/mol. The Morgan fingerprint density at radius 3 is 2.63 bits per heavy atom. The third-order valence-corrected chi connectivity index (χ3v) is 5.27. The first-order chi connectivity index (χ1) is 8.55. The van der Waals surface area contributed by atoms with Crippen molar-refractivity contribution in [3.05, 3.63) is 0 Å². The van der Waals surface area contributed by atoms with Crippen molar-refractivity contribution in [3.8, 4) is 0 Å². The number of amides is 1. The summed E-state index contributed by atoms with van der Waals surface area (Å²) in [5.74, 6) is 2.49. The Kier molecular flexibility index (Phi) is 6.98. The highest BCUT2D eigenvalue weighted by Crippen LogP contribution is 2.34. The van der Waals surface area contributed by atoms with Crippen molar-refractivity contribution >= 4 is 30.1 Å². The van der Waals surface area contributed by atoms with E-state index in [4.69, 9.17) is 0 Å². The molecule has 2 aliphatic rings. The molecule has 0 aromatic rings. The van der Waals surface area contributed by atoms with Crippen molar-refractivity contribution < 1.29 is 4.79 Å². The number of nitrogens with one attached hydrogen (secondary N) is 2. The average molecular weight is 307 g/mol. The van der Waals surface area contributed by atoms with Crippen molar-refractivity contribution in [3.63, 3.8) is 0 Å². The van der Waals surface area contributed by atoms with Gasteiger partial charge in [0.25, 0.3) is 0 Å². The van der Waals surface area contributed by atoms with Crippen molar-refractivity contribution in [2.45, 2.75) is 58.0 Å². The number of carbonyl (C=O) groups excluding carboxylic acids is 1. The van der Waals surface area contributed by atoms with Crippen LogP contribution in [0.4, 0.5) is 0 Å². The molecule has 0 aromatic heterocycles. The summed E-state index contributed by atoms with van der Waals surface area (Å²) in [7, 11) is 0. The van der Waals surface area contributed by atoms with Gasteiger partial charge in [0.1, 0.15) is 0 Å². The van der Waals surface area contributed by atoms with Crippen LogP contribution in [-0.4, -0.2) is 36.0 Å². The molecular formula is C14H27ClN2OS. The van der Waals surface area contributed by atoms with Gasteiger partial charge in [-0.25, -0.2) is 0 Å². The lowest BCUT2D eigenvalue weighted by atomic mass is 9.75. The molecule has 1 aliphatic carbocycles. The number of hydrogen-bond acceptors (Lipinski definition) is 3. The van der Waals surface area contributed by atoms with Crippen molar-refractivity contribution in [1.82, 2.24) is 10.6 Å². The lowest BCUT2D eigenvalue weighted by molar-refractivity contribution is -0.122. The molecule has 1 aliphatic heterocycles. The third-order valence-electron chi connectivity index (χ3n) is 4.13. The van der Waals surface area contributed by atoms with Crippen LogP contribution in [0.2, 0.25) is 0 Å². The van der Waals surface area contributed by atoms with E-state index in [1.807, 2.05) is 11.8 Å². The van der Waals surface area contributed by atoms with E-state index in [9.17, 15) is 4.79 Å². The Labute approximate surface area is 127 Å². The molecule has 1 heterocycles. The molecule has 3 nitrogen and oxygen atoms in total. The normalized spacial score (nSPS) is 27.4. The van der Waals surface area contributed by atoms with Gasteiger partial charge >= 0.3 is 0 Å². The van der Waals surface area contributed by atoms with E-state index in [1.165, 1.54) is 18.6 Å². The lowest BCUT2D eigenvalue weighted by Gasteiger charge is -2.35. The SMILES string of the molecule is CC1(C)CCC(NC(=O)CC2CSCCN2)CC1.Cl. The second kappa shape index (κ2) is 7.75. The minimum atomic E-state index is 0. The summed E-state index contributed by atoms with van der Waals surface area (Å²) in [4.78, 5) is 12.0. The highest BCUT2D eigenvalue weighted by molar-refractivity contribution is 7.99. The zero-order chi connectivity index (χ0) is 13.0. The first-order valence-corrected chi connectivity index (χ1v) is 8.31. The van der Waals surface area contributed by atoms with Crippen LogP contribution >= 0.6 is 24.2 Å². The van der Waals surface area contributed by atoms with Gasteiger partial charge in [-0.2, -0.15) is 11.8 Å². The minimum Gasteiger partial charge on any atom is -0.353 e. The summed E-state index contributed by atoms with van der Waals surface area (Å²) in [5, 5.41) is 6.63. The third kappa shape index (κ3) is 5.92. The number of rotatable bonds is 3. The van der Waals surface area contributed by atoms with Gasteiger partial charge in [0.15, 0.2) is 0 Å². The number of halogens is 1. The average Bonchev–Trinajstić information content (AvgIpc) is 2.33. The van der Waals surface area contributed by atoms with Crippen LogP contribution < -0.4 is 10.6 Å². The van der Waals surface area contributed by atoms with Crippen LogP contribution in [-0.2, 0) is 4.79 Å². The largest absolute Gasteiger partial charge is 0.353 e. The molecule has 19 heavy (non-hydrogen) atoms. The van der Waals surface area contributed by atoms with Gasteiger partial charge in [-0.05, 0) is 31.1 Å². The second-order valence-electron chi connectivity index (χ2n) is 6.44. The van der Waals surface area contributed by atoms with Gasteiger partial charge in [0, 0.05) is 36.6 Å². The number of hydrogen-bond donors (Lipinski definition) is 2. The maximum absolute atomic E-state index is 12.0. The predicted molar refractivity (Wildman–Crippen MR) is 85.2 cm³/mol. The Morgan fingerprint density at radius 1 is 1.37 bits per heavy atom. The summed E-state index contributed by atoms with van der Waals surface area (Å²) in [6.07, 6.45) is 5.40. The van der Waals surface area contributed by atoms with Crippen molar-refractivity contribution in [2.24, 2.45) is 5.41 Å². The van der Waals surface area contributed by atoms with E-state index < -0.39 is 0 Å². The van der Waals surface area contributed by atoms with Crippen molar-refractivity contribution in [2.75, 3.05) is 18.1 Å². The summed E-state index contributed by atoms with van der Waals surface area (Å²) in [6, 6.07) is 0.797. The first kappa shape index (κ1) is 17.1. The number of thioether (sulfide) groups is 1. The fourth-order valence-electron chi connectivity index (χ4n) is 2.80. The highest BCUT2D eigenvalue weighted by atomic mass is 35.5. The molecule has 1 saturated heterocycles. The van der Waals surface area contributed by atoms with E-state index in [2.05, 4.69) is 24.5 Å². The maximum atomic E-state index is 12.0. The summed E-state index contributed by atoms with van der Waals surface area (Å²) >= 11 is 1.95. The van der Waals surface area contributed by atoms with Gasteiger partial charge < -0.3 is 10.6 Å².